The molecule has 320 valence electrons. The topological polar surface area (TPSA) is 112 Å². The van der Waals surface area contributed by atoms with E-state index in [4.69, 9.17) is 29.8 Å². The Hall–Kier alpha value is -2.52. The van der Waals surface area contributed by atoms with Crippen molar-refractivity contribution in [2.75, 3.05) is 0 Å². The van der Waals surface area contributed by atoms with Gasteiger partial charge in [-0.1, -0.05) is 71.6 Å². The van der Waals surface area contributed by atoms with E-state index in [1.165, 1.54) is 48.0 Å². The Morgan fingerprint density at radius 3 is 1.50 bits per heavy atom. The van der Waals surface area contributed by atoms with Crippen LogP contribution in [0.15, 0.2) is 57.7 Å². The second kappa shape index (κ2) is 23.8. The zero-order chi connectivity index (χ0) is 42.1. The number of carboxylic acid groups (broad SMARTS) is 2. The maximum atomic E-state index is 11.1. The summed E-state index contributed by atoms with van der Waals surface area (Å²) >= 11 is 0. The van der Waals surface area contributed by atoms with Gasteiger partial charge in [0.25, 0.3) is 0 Å². The van der Waals surface area contributed by atoms with Gasteiger partial charge in [0.15, 0.2) is 0 Å². The first-order valence-electron chi connectivity index (χ1n) is 21.6. The third kappa shape index (κ3) is 18.0. The second-order valence-electron chi connectivity index (χ2n) is 18.8. The maximum Gasteiger partial charge on any atom is 0.308 e. The fourth-order valence-electron chi connectivity index (χ4n) is 7.99. The van der Waals surface area contributed by atoms with Crippen LogP contribution in [0.25, 0.3) is 0 Å². The van der Waals surface area contributed by atoms with E-state index in [9.17, 15) is 9.59 Å². The molecule has 0 spiro atoms. The lowest BCUT2D eigenvalue weighted by Crippen LogP contribution is -2.41. The smallest absolute Gasteiger partial charge is 0.308 e. The van der Waals surface area contributed by atoms with Crippen LogP contribution in [0.1, 0.15) is 192 Å². The molecule has 3 aliphatic rings. The molecule has 3 rings (SSSR count). The standard InChI is InChI=1S/2C24H40O4/c1-17(11-12-20-18(2)10-8-14-23(20,4)5)9-7-15-24(6)16-13-21(27-28-24)19(3)22(25)26;1-18(2)10-7-11-19(3)12-8-13-20(4)14-9-16-24(6)17-15-22(27-28-24)21(5)23(25)26/h9,19,21H,7-8,10-16H2,1-6H3,(H,25,26);10,12,14,21-22H,7-9,11,13,15-17H2,1-6H3,(H,25,26)/b17-9+;19-12-,20-14-. The quantitative estimate of drug-likeness (QED) is 0.0984. The van der Waals surface area contributed by atoms with E-state index in [0.29, 0.717) is 5.41 Å². The van der Waals surface area contributed by atoms with Gasteiger partial charge in [0, 0.05) is 0 Å². The van der Waals surface area contributed by atoms with Crippen LogP contribution < -0.4 is 0 Å². The van der Waals surface area contributed by atoms with Crippen molar-refractivity contribution in [3.05, 3.63) is 57.7 Å². The Kier molecular flexibility index (Phi) is 21.1. The Morgan fingerprint density at radius 1 is 0.679 bits per heavy atom. The average molecular weight is 785 g/mol. The molecule has 6 unspecified atom stereocenters. The van der Waals surface area contributed by atoms with Gasteiger partial charge in [0.05, 0.1) is 11.8 Å². The summed E-state index contributed by atoms with van der Waals surface area (Å²) in [4.78, 5) is 44.2. The average Bonchev–Trinajstić information content (AvgIpc) is 3.11. The number of carbonyl (C=O) groups is 2. The first kappa shape index (κ1) is 49.6. The number of hydrogen-bond acceptors (Lipinski definition) is 6. The fraction of sp³-hybridized carbons (Fsp3) is 0.750. The number of allylic oxidation sites excluding steroid dienone is 10. The SMILES string of the molecule is CC(C)=CCC/C(C)=C\CC/C(C)=C\CCC1(C)CCC(C(C)C(=O)O)OO1.CC1=C(CC/C(C)=C/CCC2(C)CCC(C(C)C(=O)O)OO2)C(C)(C)CCC1. The summed E-state index contributed by atoms with van der Waals surface area (Å²) in [6.07, 6.45) is 26.1. The molecule has 8 nitrogen and oxygen atoms in total. The van der Waals surface area contributed by atoms with Crippen molar-refractivity contribution < 1.29 is 39.4 Å². The zero-order valence-corrected chi connectivity index (χ0v) is 37.5. The Balaban J connectivity index is 0.000000387. The summed E-state index contributed by atoms with van der Waals surface area (Å²) < 4.78 is 0. The molecule has 2 fully saturated rings. The molecule has 1 aliphatic carbocycles. The van der Waals surface area contributed by atoms with E-state index in [1.807, 2.05) is 0 Å². The molecule has 56 heavy (non-hydrogen) atoms. The second-order valence-corrected chi connectivity index (χ2v) is 18.8. The molecular formula is C48H80O8. The maximum absolute atomic E-state index is 11.1. The third-order valence-corrected chi connectivity index (χ3v) is 12.5. The van der Waals surface area contributed by atoms with Crippen molar-refractivity contribution in [1.29, 1.82) is 0 Å². The molecule has 0 bridgehead atoms. The van der Waals surface area contributed by atoms with Gasteiger partial charge >= 0.3 is 11.9 Å². The van der Waals surface area contributed by atoms with Crippen LogP contribution in [-0.2, 0) is 29.1 Å². The summed E-state index contributed by atoms with van der Waals surface area (Å²) in [5, 5.41) is 18.2. The Bertz CT molecular complexity index is 1390. The third-order valence-electron chi connectivity index (χ3n) is 12.5. The van der Waals surface area contributed by atoms with Crippen LogP contribution in [-0.4, -0.2) is 45.6 Å². The van der Waals surface area contributed by atoms with Crippen LogP contribution >= 0.6 is 0 Å². The molecule has 0 aromatic carbocycles. The lowest BCUT2D eigenvalue weighted by Gasteiger charge is -2.37. The Labute approximate surface area is 341 Å². The molecule has 0 aromatic rings. The highest BCUT2D eigenvalue weighted by Crippen LogP contribution is 2.43. The van der Waals surface area contributed by atoms with Crippen LogP contribution in [0.2, 0.25) is 0 Å². The molecule has 2 N–H and O–H groups in total. The van der Waals surface area contributed by atoms with Crippen LogP contribution in [0.5, 0.6) is 0 Å². The van der Waals surface area contributed by atoms with E-state index in [-0.39, 0.29) is 23.4 Å². The Morgan fingerprint density at radius 2 is 1.11 bits per heavy atom. The van der Waals surface area contributed by atoms with Crippen LogP contribution in [0.3, 0.4) is 0 Å². The van der Waals surface area contributed by atoms with Crippen molar-refractivity contribution in [1.82, 2.24) is 0 Å². The lowest BCUT2D eigenvalue weighted by molar-refractivity contribution is -0.411. The largest absolute Gasteiger partial charge is 0.481 e. The molecule has 0 aromatic heterocycles. The molecule has 2 heterocycles. The molecule has 0 saturated carbocycles. The summed E-state index contributed by atoms with van der Waals surface area (Å²) in [6.45, 7) is 25.5. The minimum absolute atomic E-state index is 0.323. The van der Waals surface area contributed by atoms with E-state index in [1.54, 1.807) is 25.0 Å². The van der Waals surface area contributed by atoms with Crippen LogP contribution in [0, 0.1) is 17.3 Å². The predicted octanol–water partition coefficient (Wildman–Crippen LogP) is 13.4. The molecule has 0 amide bonds. The van der Waals surface area contributed by atoms with Gasteiger partial charge in [-0.25, -0.2) is 19.6 Å². The summed E-state index contributed by atoms with van der Waals surface area (Å²) in [5.74, 6) is -2.74. The minimum Gasteiger partial charge on any atom is -0.481 e. The van der Waals surface area contributed by atoms with Gasteiger partial charge in [-0.05, 0) is 184 Å². The van der Waals surface area contributed by atoms with Gasteiger partial charge < -0.3 is 10.2 Å². The van der Waals surface area contributed by atoms with Gasteiger partial charge in [0.1, 0.15) is 23.4 Å². The first-order chi connectivity index (χ1) is 26.2. The van der Waals surface area contributed by atoms with Gasteiger partial charge in [-0.2, -0.15) is 0 Å². The number of hydrogen-bond donors (Lipinski definition) is 2. The first-order valence-corrected chi connectivity index (χ1v) is 21.6. The van der Waals surface area contributed by atoms with Crippen LogP contribution in [0.4, 0.5) is 0 Å². The van der Waals surface area contributed by atoms with Gasteiger partial charge in [0.2, 0.25) is 0 Å². The molecule has 8 heteroatoms. The van der Waals surface area contributed by atoms with Gasteiger partial charge in [-0.15, -0.1) is 0 Å². The molecule has 2 aliphatic heterocycles. The molecule has 2 saturated heterocycles. The van der Waals surface area contributed by atoms with E-state index >= 15 is 0 Å². The summed E-state index contributed by atoms with van der Waals surface area (Å²) in [5.41, 5.74) is 8.69. The van der Waals surface area contributed by atoms with E-state index in [2.05, 4.69) is 93.5 Å². The number of rotatable bonds is 19. The van der Waals surface area contributed by atoms with E-state index < -0.39 is 23.8 Å². The van der Waals surface area contributed by atoms with Crippen molar-refractivity contribution in [3.8, 4) is 0 Å². The molecule has 0 radical (unpaired) electrons. The highest BCUT2D eigenvalue weighted by molar-refractivity contribution is 5.70. The summed E-state index contributed by atoms with van der Waals surface area (Å²) in [6, 6.07) is 0. The van der Waals surface area contributed by atoms with Crippen molar-refractivity contribution in [3.63, 3.8) is 0 Å². The molecular weight excluding hydrogens is 705 g/mol. The minimum atomic E-state index is -0.836. The number of carboxylic acids is 2. The zero-order valence-electron chi connectivity index (χ0n) is 37.5. The number of aliphatic carboxylic acids is 2. The monoisotopic (exact) mass is 785 g/mol. The van der Waals surface area contributed by atoms with Gasteiger partial charge in [-0.3, -0.25) is 9.59 Å². The van der Waals surface area contributed by atoms with Crippen molar-refractivity contribution in [2.24, 2.45) is 17.3 Å². The van der Waals surface area contributed by atoms with E-state index in [0.717, 1.165) is 83.5 Å². The molecule has 6 atom stereocenters. The fourth-order valence-corrected chi connectivity index (χ4v) is 7.99. The lowest BCUT2D eigenvalue weighted by atomic mass is 9.71. The highest BCUT2D eigenvalue weighted by atomic mass is 17.2. The normalized spacial score (nSPS) is 27.2. The highest BCUT2D eigenvalue weighted by Gasteiger charge is 2.38. The van der Waals surface area contributed by atoms with Crippen molar-refractivity contribution in [2.45, 2.75) is 216 Å². The van der Waals surface area contributed by atoms with Crippen molar-refractivity contribution >= 4 is 11.9 Å². The summed E-state index contributed by atoms with van der Waals surface area (Å²) in [7, 11) is 0. The predicted molar refractivity (Wildman–Crippen MR) is 228 cm³/mol.